The molecule has 3 N–H and O–H groups in total. The molecule has 5 rings (SSSR count). The zero-order valence-electron chi connectivity index (χ0n) is 12.0. The van der Waals surface area contributed by atoms with Crippen LogP contribution < -0.4 is 11.1 Å². The molecule has 4 bridgehead atoms. The molecule has 0 aromatic carbocycles. The lowest BCUT2D eigenvalue weighted by atomic mass is 9.52. The third-order valence-electron chi connectivity index (χ3n) is 6.09. The summed E-state index contributed by atoms with van der Waals surface area (Å²) in [6, 6.07) is 0.544. The van der Waals surface area contributed by atoms with Gasteiger partial charge in [-0.25, -0.2) is 0 Å². The molecule has 5 aliphatic rings. The van der Waals surface area contributed by atoms with Gasteiger partial charge in [0.2, 0.25) is 0 Å². The summed E-state index contributed by atoms with van der Waals surface area (Å²) in [6.45, 7) is 0. The van der Waals surface area contributed by atoms with Crippen LogP contribution in [0.1, 0.15) is 44.9 Å². The van der Waals surface area contributed by atoms with Crippen molar-refractivity contribution in [2.75, 3.05) is 0 Å². The van der Waals surface area contributed by atoms with Crippen molar-refractivity contribution >= 4 is 5.91 Å². The first-order valence-corrected chi connectivity index (χ1v) is 8.25. The Morgan fingerprint density at radius 1 is 0.950 bits per heavy atom. The molecule has 3 heteroatoms. The van der Waals surface area contributed by atoms with E-state index >= 15 is 0 Å². The number of nitrogens with one attached hydrogen (secondary N) is 1. The van der Waals surface area contributed by atoms with Gasteiger partial charge in [-0.15, -0.1) is 0 Å². The quantitative estimate of drug-likeness (QED) is 0.713. The summed E-state index contributed by atoms with van der Waals surface area (Å²) in [5.41, 5.74) is 5.73. The van der Waals surface area contributed by atoms with Gasteiger partial charge in [-0.1, -0.05) is 5.92 Å². The molecule has 0 radical (unpaired) electrons. The van der Waals surface area contributed by atoms with Gasteiger partial charge in [0.25, 0.3) is 5.91 Å². The highest BCUT2D eigenvalue weighted by atomic mass is 16.1. The van der Waals surface area contributed by atoms with Crippen LogP contribution in [0.3, 0.4) is 0 Å². The van der Waals surface area contributed by atoms with Crippen molar-refractivity contribution in [3.63, 3.8) is 0 Å². The van der Waals surface area contributed by atoms with Crippen LogP contribution in [0.4, 0.5) is 0 Å². The fraction of sp³-hybridized carbons (Fsp3) is 0.824. The van der Waals surface area contributed by atoms with E-state index in [1.54, 1.807) is 0 Å². The van der Waals surface area contributed by atoms with Gasteiger partial charge in [0, 0.05) is 18.0 Å². The highest BCUT2D eigenvalue weighted by molar-refractivity contribution is 5.93. The van der Waals surface area contributed by atoms with Crippen LogP contribution in [0.15, 0.2) is 0 Å². The molecule has 1 amide bonds. The van der Waals surface area contributed by atoms with Crippen LogP contribution in [-0.4, -0.2) is 18.0 Å². The van der Waals surface area contributed by atoms with E-state index in [1.165, 1.54) is 32.1 Å². The minimum atomic E-state index is -0.0873. The van der Waals surface area contributed by atoms with Crippen LogP contribution in [0.25, 0.3) is 0 Å². The number of carbonyl (C=O) groups is 1. The third kappa shape index (κ3) is 2.24. The van der Waals surface area contributed by atoms with Crippen LogP contribution in [0, 0.1) is 41.4 Å². The van der Waals surface area contributed by atoms with Gasteiger partial charge >= 0.3 is 0 Å². The Morgan fingerprint density at radius 2 is 1.55 bits per heavy atom. The van der Waals surface area contributed by atoms with Crippen LogP contribution >= 0.6 is 0 Å². The summed E-state index contributed by atoms with van der Waals surface area (Å²) in [5, 5.41) is 2.98. The van der Waals surface area contributed by atoms with Crippen molar-refractivity contribution in [1.29, 1.82) is 0 Å². The number of nitrogens with two attached hydrogens (primary N) is 1. The first kappa shape index (κ1) is 12.7. The van der Waals surface area contributed by atoms with Crippen molar-refractivity contribution < 1.29 is 4.79 Å². The lowest BCUT2D eigenvalue weighted by Crippen LogP contribution is -2.50. The second kappa shape index (κ2) is 4.77. The smallest absolute Gasteiger partial charge is 0.296 e. The Balaban J connectivity index is 1.37. The maximum absolute atomic E-state index is 11.9. The molecule has 0 heterocycles. The second-order valence-electron chi connectivity index (χ2n) is 7.63. The van der Waals surface area contributed by atoms with Gasteiger partial charge in [0.1, 0.15) is 0 Å². The minimum Gasteiger partial charge on any atom is -0.342 e. The molecule has 0 atom stereocenters. The van der Waals surface area contributed by atoms with Gasteiger partial charge in [-0.2, -0.15) is 0 Å². The predicted octanol–water partition coefficient (Wildman–Crippen LogP) is 1.67. The van der Waals surface area contributed by atoms with Crippen molar-refractivity contribution in [3.05, 3.63) is 0 Å². The summed E-state index contributed by atoms with van der Waals surface area (Å²) < 4.78 is 0. The van der Waals surface area contributed by atoms with E-state index < -0.39 is 0 Å². The van der Waals surface area contributed by atoms with Crippen molar-refractivity contribution in [2.45, 2.75) is 57.0 Å². The van der Waals surface area contributed by atoms with Crippen LogP contribution in [-0.2, 0) is 4.79 Å². The number of hydrogen-bond donors (Lipinski definition) is 2. The molecule has 5 aliphatic carbocycles. The van der Waals surface area contributed by atoms with Gasteiger partial charge in [0.05, 0.1) is 0 Å². The van der Waals surface area contributed by atoms with Gasteiger partial charge in [0.15, 0.2) is 0 Å². The van der Waals surface area contributed by atoms with Crippen molar-refractivity contribution in [3.8, 4) is 11.8 Å². The molecular formula is C17H24N2O. The Labute approximate surface area is 121 Å². The molecular weight excluding hydrogens is 248 g/mol. The first-order chi connectivity index (χ1) is 9.67. The van der Waals surface area contributed by atoms with E-state index in [2.05, 4.69) is 17.2 Å². The second-order valence-corrected chi connectivity index (χ2v) is 7.63. The molecule has 0 saturated heterocycles. The van der Waals surface area contributed by atoms with Crippen LogP contribution in [0.2, 0.25) is 0 Å². The Hall–Kier alpha value is -1.01. The van der Waals surface area contributed by atoms with Crippen molar-refractivity contribution in [2.24, 2.45) is 35.3 Å². The number of carbonyl (C=O) groups excluding carboxylic acids is 1. The summed E-state index contributed by atoms with van der Waals surface area (Å²) >= 11 is 0. The fourth-order valence-corrected chi connectivity index (χ4v) is 5.31. The van der Waals surface area contributed by atoms with Gasteiger partial charge < -0.3 is 11.1 Å². The highest BCUT2D eigenvalue weighted by Gasteiger charge is 2.47. The Morgan fingerprint density at radius 3 is 2.10 bits per heavy atom. The van der Waals surface area contributed by atoms with Crippen LogP contribution in [0.5, 0.6) is 0 Å². The maximum atomic E-state index is 11.9. The molecule has 0 unspecified atom stereocenters. The fourth-order valence-electron chi connectivity index (χ4n) is 5.31. The predicted molar refractivity (Wildman–Crippen MR) is 77.5 cm³/mol. The molecule has 5 fully saturated rings. The molecule has 0 aliphatic heterocycles. The molecule has 3 nitrogen and oxygen atoms in total. The average Bonchev–Trinajstić information content (AvgIpc) is 2.35. The minimum absolute atomic E-state index is 0.0873. The topological polar surface area (TPSA) is 55.1 Å². The summed E-state index contributed by atoms with van der Waals surface area (Å²) in [5.74, 6) is 10.1. The van der Waals surface area contributed by atoms with Gasteiger partial charge in [-0.05, 0) is 74.5 Å². The SMILES string of the molecule is NC1CC(NC(=O)C#CC2C3CC4CC(C3)CC2C4)C1. The third-order valence-corrected chi connectivity index (χ3v) is 6.09. The van der Waals surface area contributed by atoms with E-state index in [9.17, 15) is 4.79 Å². The molecule has 20 heavy (non-hydrogen) atoms. The van der Waals surface area contributed by atoms with Gasteiger partial charge in [-0.3, -0.25) is 4.79 Å². The maximum Gasteiger partial charge on any atom is 0.296 e. The molecule has 5 saturated carbocycles. The number of rotatable bonds is 1. The molecule has 0 aromatic heterocycles. The summed E-state index contributed by atoms with van der Waals surface area (Å²) in [6.07, 6.45) is 8.75. The zero-order valence-corrected chi connectivity index (χ0v) is 12.0. The van der Waals surface area contributed by atoms with E-state index in [4.69, 9.17) is 5.73 Å². The Kier molecular flexibility index (Phi) is 3.03. The lowest BCUT2D eigenvalue weighted by molar-refractivity contribution is -0.116. The van der Waals surface area contributed by atoms with E-state index in [-0.39, 0.29) is 18.0 Å². The largest absolute Gasteiger partial charge is 0.342 e. The van der Waals surface area contributed by atoms with E-state index in [0.717, 1.165) is 36.5 Å². The van der Waals surface area contributed by atoms with Crippen molar-refractivity contribution in [1.82, 2.24) is 5.32 Å². The number of hydrogen-bond acceptors (Lipinski definition) is 2. The summed E-state index contributed by atoms with van der Waals surface area (Å²) in [4.78, 5) is 11.9. The molecule has 108 valence electrons. The standard InChI is InChI=1S/C17H24N2O/c18-14-8-15(9-14)19-17(20)2-1-16-12-4-10-3-11(6-12)7-13(16)5-10/h10-16H,3-9,18H2,(H,19,20). The Bertz CT molecular complexity index is 441. The average molecular weight is 272 g/mol. The normalized spacial score (nSPS) is 48.1. The molecule has 0 aromatic rings. The number of amides is 1. The zero-order chi connectivity index (χ0) is 13.7. The van der Waals surface area contributed by atoms with E-state index in [1.807, 2.05) is 0 Å². The first-order valence-electron chi connectivity index (χ1n) is 8.25. The monoisotopic (exact) mass is 272 g/mol. The van der Waals surface area contributed by atoms with E-state index in [0.29, 0.717) is 5.92 Å². The lowest BCUT2D eigenvalue weighted by Gasteiger charge is -2.52. The summed E-state index contributed by atoms with van der Waals surface area (Å²) in [7, 11) is 0. The molecule has 0 spiro atoms. The highest BCUT2D eigenvalue weighted by Crippen LogP contribution is 2.56.